The van der Waals surface area contributed by atoms with E-state index in [1.54, 1.807) is 11.9 Å². The van der Waals surface area contributed by atoms with Crippen molar-refractivity contribution >= 4 is 5.91 Å². The van der Waals surface area contributed by atoms with E-state index in [0.29, 0.717) is 6.42 Å². The van der Waals surface area contributed by atoms with E-state index in [4.69, 9.17) is 0 Å². The first-order chi connectivity index (χ1) is 13.6. The molecule has 0 aliphatic carbocycles. The highest BCUT2D eigenvalue weighted by molar-refractivity contribution is 5.84. The summed E-state index contributed by atoms with van der Waals surface area (Å²) in [5.74, 6) is -0.281. The highest BCUT2D eigenvalue weighted by Crippen LogP contribution is 2.27. The highest BCUT2D eigenvalue weighted by Gasteiger charge is 2.30. The molecule has 3 heteroatoms. The lowest BCUT2D eigenvalue weighted by molar-refractivity contribution is -0.135. The predicted molar refractivity (Wildman–Crippen MR) is 113 cm³/mol. The van der Waals surface area contributed by atoms with Crippen molar-refractivity contribution in [3.8, 4) is 0 Å². The first-order valence-corrected chi connectivity index (χ1v) is 9.66. The number of carbonyl (C=O) groups is 1. The van der Waals surface area contributed by atoms with E-state index in [1.807, 2.05) is 97.9 Å². The fourth-order valence-corrected chi connectivity index (χ4v) is 3.47. The van der Waals surface area contributed by atoms with Crippen molar-refractivity contribution in [2.75, 3.05) is 7.05 Å². The number of likely N-dealkylation sites (N-methyl/N-ethyl adjacent to an activating group) is 1. The van der Waals surface area contributed by atoms with E-state index in [9.17, 15) is 9.90 Å². The summed E-state index contributed by atoms with van der Waals surface area (Å²) in [4.78, 5) is 15.1. The fraction of sp³-hybridized carbons (Fsp3) is 0.240. The van der Waals surface area contributed by atoms with E-state index >= 15 is 0 Å². The monoisotopic (exact) mass is 373 g/mol. The van der Waals surface area contributed by atoms with Crippen LogP contribution in [0.5, 0.6) is 0 Å². The van der Waals surface area contributed by atoms with Gasteiger partial charge in [-0.3, -0.25) is 4.79 Å². The first kappa shape index (κ1) is 19.8. The van der Waals surface area contributed by atoms with Crippen LogP contribution in [0.4, 0.5) is 0 Å². The van der Waals surface area contributed by atoms with E-state index in [0.717, 1.165) is 16.7 Å². The highest BCUT2D eigenvalue weighted by atomic mass is 16.3. The smallest absolute Gasteiger partial charge is 0.230 e. The summed E-state index contributed by atoms with van der Waals surface area (Å²) in [6, 6.07) is 29.1. The number of hydrogen-bond acceptors (Lipinski definition) is 2. The molecule has 0 aliphatic rings. The zero-order chi connectivity index (χ0) is 19.9. The average molecular weight is 373 g/mol. The molecule has 0 saturated carbocycles. The minimum Gasteiger partial charge on any atom is -0.386 e. The largest absolute Gasteiger partial charge is 0.386 e. The second-order valence-electron chi connectivity index (χ2n) is 7.20. The molecule has 3 aromatic carbocycles. The zero-order valence-electron chi connectivity index (χ0n) is 16.4. The maximum atomic E-state index is 13.4. The van der Waals surface area contributed by atoms with Crippen LogP contribution in [0.25, 0.3) is 0 Å². The van der Waals surface area contributed by atoms with Crippen LogP contribution in [0.3, 0.4) is 0 Å². The Morgan fingerprint density at radius 3 is 1.82 bits per heavy atom. The molecule has 0 aromatic heterocycles. The molecular weight excluding hydrogens is 346 g/mol. The van der Waals surface area contributed by atoms with Crippen LogP contribution < -0.4 is 0 Å². The van der Waals surface area contributed by atoms with Gasteiger partial charge in [0.15, 0.2) is 0 Å². The van der Waals surface area contributed by atoms with Crippen molar-refractivity contribution in [3.63, 3.8) is 0 Å². The maximum Gasteiger partial charge on any atom is 0.230 e. The summed E-state index contributed by atoms with van der Waals surface area (Å²) in [6.45, 7) is 1.89. The van der Waals surface area contributed by atoms with Gasteiger partial charge >= 0.3 is 0 Å². The number of nitrogens with zero attached hydrogens (tertiary/aromatic N) is 1. The van der Waals surface area contributed by atoms with Crippen LogP contribution in [-0.2, 0) is 11.2 Å². The second-order valence-corrected chi connectivity index (χ2v) is 7.20. The number of rotatable bonds is 7. The Morgan fingerprint density at radius 2 is 1.29 bits per heavy atom. The standard InChI is InChI=1S/C25H27NO2/c1-19(24(27)22-16-10-5-11-17-22)26(2)25(28)23(21-14-8-4-9-15-21)18-20-12-6-3-7-13-20/h3-17,19,23-24,27H,18H2,1-2H3/t19-,23-,24+/m0/s1. The number of aliphatic hydroxyl groups excluding tert-OH is 1. The molecule has 3 rings (SSSR count). The molecule has 3 nitrogen and oxygen atoms in total. The third-order valence-electron chi connectivity index (χ3n) is 5.34. The number of hydrogen-bond donors (Lipinski definition) is 1. The van der Waals surface area contributed by atoms with Crippen LogP contribution in [0.1, 0.15) is 35.6 Å². The lowest BCUT2D eigenvalue weighted by Gasteiger charge is -2.32. The second kappa shape index (κ2) is 9.34. The van der Waals surface area contributed by atoms with Gasteiger partial charge in [0, 0.05) is 7.05 Å². The number of carbonyl (C=O) groups excluding carboxylic acids is 1. The van der Waals surface area contributed by atoms with Crippen LogP contribution in [-0.4, -0.2) is 29.0 Å². The van der Waals surface area contributed by atoms with Crippen molar-refractivity contribution in [2.24, 2.45) is 0 Å². The number of benzene rings is 3. The van der Waals surface area contributed by atoms with Crippen molar-refractivity contribution in [1.82, 2.24) is 4.90 Å². The van der Waals surface area contributed by atoms with E-state index in [2.05, 4.69) is 0 Å². The van der Waals surface area contributed by atoms with Gasteiger partial charge in [0.1, 0.15) is 0 Å². The van der Waals surface area contributed by atoms with Crippen LogP contribution >= 0.6 is 0 Å². The molecular formula is C25H27NO2. The molecule has 3 atom stereocenters. The van der Waals surface area contributed by atoms with Gasteiger partial charge in [-0.15, -0.1) is 0 Å². The molecule has 0 radical (unpaired) electrons. The summed E-state index contributed by atoms with van der Waals surface area (Å²) in [7, 11) is 1.78. The minimum absolute atomic E-state index is 0.0116. The Kier molecular flexibility index (Phi) is 6.62. The topological polar surface area (TPSA) is 40.5 Å². The molecule has 0 saturated heterocycles. The van der Waals surface area contributed by atoms with Crippen molar-refractivity contribution < 1.29 is 9.90 Å². The van der Waals surface area contributed by atoms with E-state index in [1.165, 1.54) is 0 Å². The summed E-state index contributed by atoms with van der Waals surface area (Å²) < 4.78 is 0. The molecule has 0 fully saturated rings. The zero-order valence-corrected chi connectivity index (χ0v) is 16.4. The van der Waals surface area contributed by atoms with Crippen LogP contribution in [0, 0.1) is 0 Å². The molecule has 1 amide bonds. The number of aliphatic hydroxyl groups is 1. The third kappa shape index (κ3) is 4.68. The Morgan fingerprint density at radius 1 is 0.821 bits per heavy atom. The Labute approximate surface area is 167 Å². The van der Waals surface area contributed by atoms with Crippen LogP contribution in [0.15, 0.2) is 91.0 Å². The lowest BCUT2D eigenvalue weighted by Crippen LogP contribution is -2.42. The molecule has 0 unspecified atom stereocenters. The van der Waals surface area contributed by atoms with E-state index < -0.39 is 6.10 Å². The van der Waals surface area contributed by atoms with Gasteiger partial charge in [0.05, 0.1) is 18.1 Å². The molecule has 0 bridgehead atoms. The van der Waals surface area contributed by atoms with Gasteiger partial charge in [0.2, 0.25) is 5.91 Å². The normalized spacial score (nSPS) is 14.1. The van der Waals surface area contributed by atoms with Gasteiger partial charge in [-0.2, -0.15) is 0 Å². The quantitative estimate of drug-likeness (QED) is 0.658. The molecule has 1 N–H and O–H groups in total. The summed E-state index contributed by atoms with van der Waals surface area (Å²) in [5.41, 5.74) is 2.92. The first-order valence-electron chi connectivity index (χ1n) is 9.66. The van der Waals surface area contributed by atoms with Gasteiger partial charge in [-0.05, 0) is 30.0 Å². The molecule has 0 aliphatic heterocycles. The van der Waals surface area contributed by atoms with Gasteiger partial charge < -0.3 is 10.0 Å². The van der Waals surface area contributed by atoms with Gasteiger partial charge in [-0.25, -0.2) is 0 Å². The lowest BCUT2D eigenvalue weighted by atomic mass is 9.90. The Bertz CT molecular complexity index is 865. The fourth-order valence-electron chi connectivity index (χ4n) is 3.47. The molecule has 3 aromatic rings. The Hall–Kier alpha value is -2.91. The predicted octanol–water partition coefficient (Wildman–Crippen LogP) is 4.59. The Balaban J connectivity index is 1.83. The molecule has 0 heterocycles. The van der Waals surface area contributed by atoms with Gasteiger partial charge in [0.25, 0.3) is 0 Å². The molecule has 28 heavy (non-hydrogen) atoms. The average Bonchev–Trinajstić information content (AvgIpc) is 2.77. The molecule has 144 valence electrons. The summed E-state index contributed by atoms with van der Waals surface area (Å²) in [6.07, 6.45) is -0.106. The third-order valence-corrected chi connectivity index (χ3v) is 5.34. The minimum atomic E-state index is -0.733. The van der Waals surface area contributed by atoms with Crippen molar-refractivity contribution in [3.05, 3.63) is 108 Å². The number of amides is 1. The summed E-state index contributed by atoms with van der Waals surface area (Å²) >= 11 is 0. The summed E-state index contributed by atoms with van der Waals surface area (Å²) in [5, 5.41) is 10.8. The van der Waals surface area contributed by atoms with Crippen molar-refractivity contribution in [2.45, 2.75) is 31.4 Å². The molecule has 0 spiro atoms. The SMILES string of the molecule is C[C@@H]([C@@H](O)c1ccccc1)N(C)C(=O)[C@@H](Cc1ccccc1)c1ccccc1. The van der Waals surface area contributed by atoms with Crippen molar-refractivity contribution in [1.29, 1.82) is 0 Å². The van der Waals surface area contributed by atoms with Crippen LogP contribution in [0.2, 0.25) is 0 Å². The van der Waals surface area contributed by atoms with E-state index in [-0.39, 0.29) is 17.9 Å². The van der Waals surface area contributed by atoms with Gasteiger partial charge in [-0.1, -0.05) is 91.0 Å². The maximum absolute atomic E-state index is 13.4.